The van der Waals surface area contributed by atoms with Crippen LogP contribution in [0.5, 0.6) is 0 Å². The van der Waals surface area contributed by atoms with Crippen molar-refractivity contribution in [3.8, 4) is 0 Å². The number of carbonyl (C=O) groups excluding carboxylic acids is 2. The summed E-state index contributed by atoms with van der Waals surface area (Å²) in [6, 6.07) is 17.3. The van der Waals surface area contributed by atoms with Crippen LogP contribution in [-0.2, 0) is 16.1 Å². The first-order valence-corrected chi connectivity index (χ1v) is 10.0. The van der Waals surface area contributed by atoms with Crippen LogP contribution in [0.4, 0.5) is 5.69 Å². The van der Waals surface area contributed by atoms with E-state index in [0.29, 0.717) is 19.5 Å². The molecule has 0 unspecified atom stereocenters. The molecule has 0 aliphatic carbocycles. The summed E-state index contributed by atoms with van der Waals surface area (Å²) in [5.41, 5.74) is 0.822. The van der Waals surface area contributed by atoms with Gasteiger partial charge in [0.05, 0.1) is 18.8 Å². The molecule has 6 heteroatoms. The molecule has 1 saturated heterocycles. The first-order valence-electron chi connectivity index (χ1n) is 10.0. The molecule has 1 atom stereocenters. The number of amides is 2. The molecular weight excluding hydrogens is 366 g/mol. The highest BCUT2D eigenvalue weighted by molar-refractivity contribution is 6.02. The lowest BCUT2D eigenvalue weighted by Crippen LogP contribution is -2.43. The van der Waals surface area contributed by atoms with Gasteiger partial charge in [0, 0.05) is 24.0 Å². The van der Waals surface area contributed by atoms with E-state index in [1.54, 1.807) is 12.3 Å². The standard InChI is InChI=1S/C23H25N3O3/c27-22(25-20-10-3-7-17-6-1-2-9-19(17)20)12-14-26-13-4-11-21(26)23(28)24-16-18-8-5-15-29-18/h1-3,5-10,15,21H,4,11-14,16H2,(H,24,28)(H,25,27)/t21-/m0/s1. The van der Waals surface area contributed by atoms with E-state index in [-0.39, 0.29) is 17.9 Å². The SMILES string of the molecule is O=C(CCN1CCC[C@H]1C(=O)NCc1ccco1)Nc1cccc2ccccc12. The lowest BCUT2D eigenvalue weighted by atomic mass is 10.1. The van der Waals surface area contributed by atoms with Crippen molar-refractivity contribution in [1.82, 2.24) is 10.2 Å². The third-order valence-electron chi connectivity index (χ3n) is 5.37. The van der Waals surface area contributed by atoms with Gasteiger partial charge < -0.3 is 15.1 Å². The molecule has 0 saturated carbocycles. The summed E-state index contributed by atoms with van der Waals surface area (Å²) >= 11 is 0. The maximum atomic E-state index is 12.5. The van der Waals surface area contributed by atoms with Crippen molar-refractivity contribution < 1.29 is 14.0 Å². The van der Waals surface area contributed by atoms with Crippen LogP contribution in [0.2, 0.25) is 0 Å². The Morgan fingerprint density at radius 1 is 1.07 bits per heavy atom. The maximum Gasteiger partial charge on any atom is 0.237 e. The number of nitrogens with one attached hydrogen (secondary N) is 2. The van der Waals surface area contributed by atoms with Gasteiger partial charge >= 0.3 is 0 Å². The molecule has 2 N–H and O–H groups in total. The van der Waals surface area contributed by atoms with Gasteiger partial charge in [-0.2, -0.15) is 0 Å². The Bertz CT molecular complexity index is 979. The molecule has 0 radical (unpaired) electrons. The first-order chi connectivity index (χ1) is 14.2. The van der Waals surface area contributed by atoms with Gasteiger partial charge in [0.2, 0.25) is 11.8 Å². The normalized spacial score (nSPS) is 16.8. The minimum Gasteiger partial charge on any atom is -0.467 e. The topological polar surface area (TPSA) is 74.6 Å². The number of hydrogen-bond acceptors (Lipinski definition) is 4. The van der Waals surface area contributed by atoms with Crippen LogP contribution in [0.25, 0.3) is 10.8 Å². The highest BCUT2D eigenvalue weighted by Gasteiger charge is 2.30. The first kappa shape index (κ1) is 19.2. The molecule has 1 fully saturated rings. The zero-order chi connectivity index (χ0) is 20.1. The fraction of sp³-hybridized carbons (Fsp3) is 0.304. The van der Waals surface area contributed by atoms with Crippen molar-refractivity contribution in [3.63, 3.8) is 0 Å². The predicted molar refractivity (Wildman–Crippen MR) is 112 cm³/mol. The molecule has 2 heterocycles. The van der Waals surface area contributed by atoms with E-state index in [4.69, 9.17) is 4.42 Å². The molecular formula is C23H25N3O3. The van der Waals surface area contributed by atoms with Crippen LogP contribution >= 0.6 is 0 Å². The Morgan fingerprint density at radius 3 is 2.79 bits per heavy atom. The van der Waals surface area contributed by atoms with Gasteiger partial charge in [-0.3, -0.25) is 14.5 Å². The number of rotatable bonds is 7. The Morgan fingerprint density at radius 2 is 1.93 bits per heavy atom. The van der Waals surface area contributed by atoms with Crippen LogP contribution in [0, 0.1) is 0 Å². The second-order valence-corrected chi connectivity index (χ2v) is 7.32. The summed E-state index contributed by atoms with van der Waals surface area (Å²) in [5, 5.41) is 8.07. The van der Waals surface area contributed by atoms with E-state index in [1.165, 1.54) is 0 Å². The van der Waals surface area contributed by atoms with Crippen molar-refractivity contribution in [1.29, 1.82) is 0 Å². The van der Waals surface area contributed by atoms with Crippen molar-refractivity contribution in [2.45, 2.75) is 31.8 Å². The number of nitrogens with zero attached hydrogens (tertiary/aromatic N) is 1. The zero-order valence-electron chi connectivity index (χ0n) is 16.3. The lowest BCUT2D eigenvalue weighted by molar-refractivity contribution is -0.126. The lowest BCUT2D eigenvalue weighted by Gasteiger charge is -2.23. The van der Waals surface area contributed by atoms with Crippen molar-refractivity contribution in [3.05, 3.63) is 66.6 Å². The van der Waals surface area contributed by atoms with E-state index in [1.807, 2.05) is 48.5 Å². The van der Waals surface area contributed by atoms with Gasteiger partial charge in [-0.15, -0.1) is 0 Å². The fourth-order valence-electron chi connectivity index (χ4n) is 3.89. The zero-order valence-corrected chi connectivity index (χ0v) is 16.3. The van der Waals surface area contributed by atoms with E-state index in [2.05, 4.69) is 15.5 Å². The predicted octanol–water partition coefficient (Wildman–Crippen LogP) is 3.54. The summed E-state index contributed by atoms with van der Waals surface area (Å²) in [4.78, 5) is 27.2. The number of benzene rings is 2. The molecule has 6 nitrogen and oxygen atoms in total. The molecule has 1 aromatic heterocycles. The van der Waals surface area contributed by atoms with Gasteiger partial charge in [-0.25, -0.2) is 0 Å². The van der Waals surface area contributed by atoms with Crippen LogP contribution in [-0.4, -0.2) is 35.8 Å². The summed E-state index contributed by atoms with van der Waals surface area (Å²) in [7, 11) is 0. The number of likely N-dealkylation sites (tertiary alicyclic amines) is 1. The molecule has 0 bridgehead atoms. The smallest absolute Gasteiger partial charge is 0.237 e. The molecule has 1 aliphatic heterocycles. The fourth-order valence-corrected chi connectivity index (χ4v) is 3.89. The van der Waals surface area contributed by atoms with Gasteiger partial charge in [-0.1, -0.05) is 36.4 Å². The highest BCUT2D eigenvalue weighted by atomic mass is 16.3. The average molecular weight is 391 g/mol. The number of carbonyl (C=O) groups is 2. The molecule has 3 aromatic rings. The number of hydrogen-bond donors (Lipinski definition) is 2. The molecule has 29 heavy (non-hydrogen) atoms. The number of furan rings is 1. The van der Waals surface area contributed by atoms with Gasteiger partial charge in [0.15, 0.2) is 0 Å². The maximum absolute atomic E-state index is 12.5. The molecule has 150 valence electrons. The molecule has 4 rings (SSSR count). The van der Waals surface area contributed by atoms with Gasteiger partial charge in [-0.05, 0) is 43.0 Å². The summed E-state index contributed by atoms with van der Waals surface area (Å²) in [6.07, 6.45) is 3.72. The van der Waals surface area contributed by atoms with Crippen molar-refractivity contribution >= 4 is 28.3 Å². The van der Waals surface area contributed by atoms with E-state index < -0.39 is 0 Å². The van der Waals surface area contributed by atoms with E-state index in [0.717, 1.165) is 41.6 Å². The van der Waals surface area contributed by atoms with E-state index >= 15 is 0 Å². The minimum atomic E-state index is -0.185. The molecule has 1 aliphatic rings. The number of anilines is 1. The van der Waals surface area contributed by atoms with E-state index in [9.17, 15) is 9.59 Å². The summed E-state index contributed by atoms with van der Waals surface area (Å²) in [6.45, 7) is 1.79. The van der Waals surface area contributed by atoms with Gasteiger partial charge in [0.25, 0.3) is 0 Å². The van der Waals surface area contributed by atoms with Crippen LogP contribution in [0.1, 0.15) is 25.0 Å². The second kappa shape index (κ2) is 8.92. The molecule has 2 amide bonds. The summed E-state index contributed by atoms with van der Waals surface area (Å²) < 4.78 is 5.26. The molecule has 0 spiro atoms. The van der Waals surface area contributed by atoms with Crippen LogP contribution in [0.15, 0.2) is 65.3 Å². The second-order valence-electron chi connectivity index (χ2n) is 7.32. The third-order valence-corrected chi connectivity index (χ3v) is 5.37. The van der Waals surface area contributed by atoms with Crippen molar-refractivity contribution in [2.75, 3.05) is 18.4 Å². The van der Waals surface area contributed by atoms with Crippen LogP contribution < -0.4 is 10.6 Å². The highest BCUT2D eigenvalue weighted by Crippen LogP contribution is 2.23. The number of fused-ring (bicyclic) bond motifs is 1. The largest absolute Gasteiger partial charge is 0.467 e. The van der Waals surface area contributed by atoms with Gasteiger partial charge in [0.1, 0.15) is 5.76 Å². The Hall–Kier alpha value is -3.12. The minimum absolute atomic E-state index is 0.00615. The molecule has 2 aromatic carbocycles. The Kier molecular flexibility index (Phi) is 5.91. The van der Waals surface area contributed by atoms with Crippen molar-refractivity contribution in [2.24, 2.45) is 0 Å². The summed E-state index contributed by atoms with van der Waals surface area (Å²) in [5.74, 6) is 0.689. The average Bonchev–Trinajstić information content (AvgIpc) is 3.43. The quantitative estimate of drug-likeness (QED) is 0.646. The Balaban J connectivity index is 1.30. The monoisotopic (exact) mass is 391 g/mol. The van der Waals surface area contributed by atoms with Crippen LogP contribution in [0.3, 0.4) is 0 Å². The third kappa shape index (κ3) is 4.66. The Labute approximate surface area is 169 Å².